The minimum Gasteiger partial charge on any atom is -0.493 e. The molecule has 0 saturated carbocycles. The molecule has 0 unspecified atom stereocenters. The summed E-state index contributed by atoms with van der Waals surface area (Å²) in [6, 6.07) is 17.9. The number of nitriles is 1. The Balaban J connectivity index is 1.92. The Morgan fingerprint density at radius 2 is 1.68 bits per heavy atom. The van der Waals surface area contributed by atoms with Crippen LogP contribution < -0.4 is 9.47 Å². The number of ether oxygens (including phenoxy) is 2. The number of pyridine rings is 1. The third-order valence-corrected chi connectivity index (χ3v) is 5.02. The number of nitrogens with zero attached hydrogens (tertiary/aromatic N) is 4. The minimum absolute atomic E-state index is 0.630. The van der Waals surface area contributed by atoms with Gasteiger partial charge in [0.05, 0.1) is 36.2 Å². The first-order valence-electron chi connectivity index (χ1n) is 8.79. The fraction of sp³-hybridized carbons (Fsp3) is 0.0909. The highest BCUT2D eigenvalue weighted by Gasteiger charge is 2.19. The van der Waals surface area contributed by atoms with Gasteiger partial charge in [0.1, 0.15) is 17.5 Å². The molecule has 136 valence electrons. The van der Waals surface area contributed by atoms with Crippen LogP contribution in [0.2, 0.25) is 0 Å². The summed E-state index contributed by atoms with van der Waals surface area (Å²) in [5.41, 5.74) is 4.06. The van der Waals surface area contributed by atoms with Crippen LogP contribution in [0.1, 0.15) is 5.56 Å². The van der Waals surface area contributed by atoms with Gasteiger partial charge in [-0.05, 0) is 42.5 Å². The first-order valence-corrected chi connectivity index (χ1v) is 8.79. The predicted molar refractivity (Wildman–Crippen MR) is 107 cm³/mol. The molecule has 0 saturated heterocycles. The van der Waals surface area contributed by atoms with Crippen molar-refractivity contribution in [1.82, 2.24) is 13.8 Å². The van der Waals surface area contributed by atoms with E-state index in [2.05, 4.69) is 6.07 Å². The molecular weight excluding hydrogens is 352 g/mol. The zero-order valence-corrected chi connectivity index (χ0v) is 15.4. The fourth-order valence-electron chi connectivity index (χ4n) is 3.76. The number of aromatic nitrogens is 3. The van der Waals surface area contributed by atoms with Crippen molar-refractivity contribution in [3.05, 3.63) is 66.5 Å². The smallest absolute Gasteiger partial charge is 0.161 e. The molecule has 0 aliphatic carbocycles. The van der Waals surface area contributed by atoms with Gasteiger partial charge in [-0.2, -0.15) is 5.26 Å². The number of rotatable bonds is 3. The molecule has 0 atom stereocenters. The highest BCUT2D eigenvalue weighted by Crippen LogP contribution is 2.35. The quantitative estimate of drug-likeness (QED) is 0.476. The lowest BCUT2D eigenvalue weighted by Crippen LogP contribution is -1.98. The van der Waals surface area contributed by atoms with E-state index in [1.165, 1.54) is 0 Å². The first kappa shape index (κ1) is 16.2. The molecule has 6 nitrogen and oxygen atoms in total. The topological polar surface area (TPSA) is 64.0 Å². The summed E-state index contributed by atoms with van der Waals surface area (Å²) in [5.74, 6) is 2.07. The van der Waals surface area contributed by atoms with Gasteiger partial charge >= 0.3 is 0 Å². The van der Waals surface area contributed by atoms with Crippen LogP contribution in [0.4, 0.5) is 0 Å². The highest BCUT2D eigenvalue weighted by molar-refractivity contribution is 6.04. The summed E-state index contributed by atoms with van der Waals surface area (Å²) in [5, 5.41) is 10.7. The van der Waals surface area contributed by atoms with Crippen LogP contribution in [0.3, 0.4) is 0 Å². The number of hydrogen-bond donors (Lipinski definition) is 0. The second-order valence-corrected chi connectivity index (χ2v) is 6.41. The van der Waals surface area contributed by atoms with Crippen molar-refractivity contribution in [2.45, 2.75) is 0 Å². The lowest BCUT2D eigenvalue weighted by atomic mass is 10.1. The van der Waals surface area contributed by atoms with E-state index in [9.17, 15) is 5.26 Å². The molecule has 1 aromatic carbocycles. The van der Waals surface area contributed by atoms with Crippen LogP contribution in [0.25, 0.3) is 33.5 Å². The van der Waals surface area contributed by atoms with E-state index in [-0.39, 0.29) is 0 Å². The van der Waals surface area contributed by atoms with Crippen LogP contribution in [0, 0.1) is 11.3 Å². The first-order chi connectivity index (χ1) is 13.8. The van der Waals surface area contributed by atoms with Crippen molar-refractivity contribution in [2.24, 2.45) is 0 Å². The molecular formula is C22H16N4O2. The Morgan fingerprint density at radius 3 is 2.46 bits per heavy atom. The van der Waals surface area contributed by atoms with Crippen LogP contribution in [-0.4, -0.2) is 28.0 Å². The average Bonchev–Trinajstić information content (AvgIpc) is 3.35. The zero-order chi connectivity index (χ0) is 19.3. The molecule has 0 aliphatic rings. The van der Waals surface area contributed by atoms with Gasteiger partial charge in [0.25, 0.3) is 0 Å². The molecule has 0 radical (unpaired) electrons. The summed E-state index contributed by atoms with van der Waals surface area (Å²) in [6.07, 6.45) is 3.89. The Hall–Kier alpha value is -3.98. The molecule has 4 heterocycles. The van der Waals surface area contributed by atoms with E-state index in [0.717, 1.165) is 33.5 Å². The molecule has 0 aliphatic heterocycles. The molecule has 4 aromatic heterocycles. The van der Waals surface area contributed by atoms with Crippen molar-refractivity contribution >= 4 is 22.1 Å². The van der Waals surface area contributed by atoms with Crippen LogP contribution >= 0.6 is 0 Å². The lowest BCUT2D eigenvalue weighted by Gasteiger charge is -2.11. The Morgan fingerprint density at radius 1 is 0.893 bits per heavy atom. The number of methoxy groups -OCH3 is 2. The van der Waals surface area contributed by atoms with Gasteiger partial charge in [-0.3, -0.25) is 4.40 Å². The summed E-state index contributed by atoms with van der Waals surface area (Å²) >= 11 is 0. The van der Waals surface area contributed by atoms with Crippen LogP contribution in [-0.2, 0) is 0 Å². The van der Waals surface area contributed by atoms with E-state index < -0.39 is 0 Å². The Bertz CT molecular complexity index is 1410. The number of fused-ring (bicyclic) bond motifs is 5. The van der Waals surface area contributed by atoms with E-state index in [1.807, 2.05) is 69.7 Å². The molecule has 0 amide bonds. The van der Waals surface area contributed by atoms with E-state index in [1.54, 1.807) is 14.2 Å². The molecule has 6 heteroatoms. The minimum atomic E-state index is 0.630. The maximum atomic E-state index is 9.80. The second-order valence-electron chi connectivity index (χ2n) is 6.41. The largest absolute Gasteiger partial charge is 0.493 e. The molecule has 0 bridgehead atoms. The van der Waals surface area contributed by atoms with E-state index in [0.29, 0.717) is 17.1 Å². The van der Waals surface area contributed by atoms with Crippen molar-refractivity contribution in [3.63, 3.8) is 0 Å². The van der Waals surface area contributed by atoms with Gasteiger partial charge in [-0.15, -0.1) is 0 Å². The lowest BCUT2D eigenvalue weighted by molar-refractivity contribution is 0.355. The van der Waals surface area contributed by atoms with Gasteiger partial charge in [-0.25, -0.2) is 4.98 Å². The van der Waals surface area contributed by atoms with Gasteiger partial charge in [0.2, 0.25) is 0 Å². The molecule has 0 fully saturated rings. The van der Waals surface area contributed by atoms with Crippen molar-refractivity contribution in [3.8, 4) is 29.0 Å². The highest BCUT2D eigenvalue weighted by atomic mass is 16.5. The zero-order valence-electron chi connectivity index (χ0n) is 15.4. The molecule has 0 N–H and O–H groups in total. The third-order valence-electron chi connectivity index (χ3n) is 5.02. The molecule has 0 spiro atoms. The van der Waals surface area contributed by atoms with Crippen LogP contribution in [0.15, 0.2) is 60.9 Å². The average molecular weight is 368 g/mol. The summed E-state index contributed by atoms with van der Waals surface area (Å²) in [4.78, 5) is 4.95. The molecule has 5 rings (SSSR count). The summed E-state index contributed by atoms with van der Waals surface area (Å²) in [7, 11) is 3.23. The van der Waals surface area contributed by atoms with Crippen molar-refractivity contribution < 1.29 is 9.47 Å². The van der Waals surface area contributed by atoms with Gasteiger partial charge in [0.15, 0.2) is 11.5 Å². The Kier molecular flexibility index (Phi) is 3.49. The third kappa shape index (κ3) is 2.10. The number of hydrogen-bond acceptors (Lipinski definition) is 4. The van der Waals surface area contributed by atoms with E-state index >= 15 is 0 Å². The predicted octanol–water partition coefficient (Wildman–Crippen LogP) is 4.30. The number of benzene rings is 1. The maximum Gasteiger partial charge on any atom is 0.161 e. The van der Waals surface area contributed by atoms with Gasteiger partial charge in [-0.1, -0.05) is 6.07 Å². The fourth-order valence-corrected chi connectivity index (χ4v) is 3.76. The van der Waals surface area contributed by atoms with E-state index in [4.69, 9.17) is 14.5 Å². The molecule has 28 heavy (non-hydrogen) atoms. The normalized spacial score (nSPS) is 11.2. The van der Waals surface area contributed by atoms with Crippen LogP contribution in [0.5, 0.6) is 11.5 Å². The second kappa shape index (κ2) is 6.03. The standard InChI is InChI=1S/C22H16N4O2/c1-27-18-9-8-14(12-19(18)28-2)21-24-22-20(17-7-5-11-26(17)21)15(13-23)16-6-3-4-10-25(16)22/h3-12H,1-2H3. The SMILES string of the molecule is COc1ccc(-c2nc3c(c(C#N)c4ccccn43)c3cccn23)cc1OC. The van der Waals surface area contributed by atoms with Crippen molar-refractivity contribution in [2.75, 3.05) is 14.2 Å². The van der Waals surface area contributed by atoms with Crippen molar-refractivity contribution in [1.29, 1.82) is 5.26 Å². The monoisotopic (exact) mass is 368 g/mol. The van der Waals surface area contributed by atoms with Gasteiger partial charge < -0.3 is 13.9 Å². The van der Waals surface area contributed by atoms with Gasteiger partial charge in [0, 0.05) is 18.0 Å². The Labute approximate surface area is 160 Å². The molecule has 5 aromatic rings. The summed E-state index contributed by atoms with van der Waals surface area (Å²) in [6.45, 7) is 0. The maximum absolute atomic E-state index is 9.80. The summed E-state index contributed by atoms with van der Waals surface area (Å²) < 4.78 is 14.8.